The number of aromatic nitrogens is 1. The van der Waals surface area contributed by atoms with Crippen LogP contribution in [0, 0.1) is 17.2 Å². The van der Waals surface area contributed by atoms with Gasteiger partial charge in [-0.05, 0) is 17.5 Å². The molecule has 0 aromatic carbocycles. The van der Waals surface area contributed by atoms with Crippen molar-refractivity contribution in [3.05, 3.63) is 29.8 Å². The number of hydrogen-bond donors (Lipinski definition) is 1. The van der Waals surface area contributed by atoms with Crippen LogP contribution in [0.2, 0.25) is 0 Å². The van der Waals surface area contributed by atoms with E-state index in [-0.39, 0.29) is 17.2 Å². The van der Waals surface area contributed by atoms with Gasteiger partial charge in [-0.1, -0.05) is 13.8 Å². The zero-order chi connectivity index (χ0) is 11.2. The van der Waals surface area contributed by atoms with Crippen molar-refractivity contribution in [1.82, 2.24) is 4.98 Å². The highest BCUT2D eigenvalue weighted by Crippen LogP contribution is 2.63. The van der Waals surface area contributed by atoms with Crippen molar-refractivity contribution in [1.29, 1.82) is 0 Å². The van der Waals surface area contributed by atoms with Gasteiger partial charge in [-0.3, -0.25) is 9.78 Å². The highest BCUT2D eigenvalue weighted by atomic mass is 19.1. The molecule has 0 aliphatic heterocycles. The molecular formula is C11H12FNO2. The zero-order valence-corrected chi connectivity index (χ0v) is 8.57. The molecule has 0 unspecified atom stereocenters. The second kappa shape index (κ2) is 3.02. The van der Waals surface area contributed by atoms with Gasteiger partial charge in [0.1, 0.15) is 5.82 Å². The molecule has 4 heteroatoms. The van der Waals surface area contributed by atoms with E-state index >= 15 is 0 Å². The maximum absolute atomic E-state index is 12.9. The normalized spacial score (nSPS) is 27.4. The molecule has 15 heavy (non-hydrogen) atoms. The SMILES string of the molecule is CC1(C)[C@H](C(=O)O)[C@H]1c1cc(F)ccn1. The van der Waals surface area contributed by atoms with E-state index in [1.54, 1.807) is 0 Å². The van der Waals surface area contributed by atoms with Crippen molar-refractivity contribution in [3.63, 3.8) is 0 Å². The molecule has 0 radical (unpaired) electrons. The van der Waals surface area contributed by atoms with Crippen molar-refractivity contribution in [2.75, 3.05) is 0 Å². The van der Waals surface area contributed by atoms with Crippen molar-refractivity contribution in [2.24, 2.45) is 11.3 Å². The van der Waals surface area contributed by atoms with Gasteiger partial charge in [-0.2, -0.15) is 0 Å². The third-order valence-corrected chi connectivity index (χ3v) is 3.16. The van der Waals surface area contributed by atoms with Crippen LogP contribution in [-0.2, 0) is 4.79 Å². The molecule has 2 rings (SSSR count). The largest absolute Gasteiger partial charge is 0.481 e. The van der Waals surface area contributed by atoms with Gasteiger partial charge < -0.3 is 5.11 Å². The molecule has 2 atom stereocenters. The fourth-order valence-corrected chi connectivity index (χ4v) is 2.24. The molecule has 1 aliphatic carbocycles. The van der Waals surface area contributed by atoms with E-state index < -0.39 is 11.9 Å². The van der Waals surface area contributed by atoms with Crippen LogP contribution >= 0.6 is 0 Å². The average Bonchev–Trinajstić information content (AvgIpc) is 2.69. The summed E-state index contributed by atoms with van der Waals surface area (Å²) in [6, 6.07) is 2.57. The number of hydrogen-bond acceptors (Lipinski definition) is 2. The molecule has 1 fully saturated rings. The highest BCUT2D eigenvalue weighted by Gasteiger charge is 2.63. The summed E-state index contributed by atoms with van der Waals surface area (Å²) in [5, 5.41) is 8.97. The first-order valence-electron chi connectivity index (χ1n) is 4.79. The lowest BCUT2D eigenvalue weighted by Crippen LogP contribution is -2.03. The average molecular weight is 209 g/mol. The topological polar surface area (TPSA) is 50.2 Å². The molecule has 0 spiro atoms. The quantitative estimate of drug-likeness (QED) is 0.810. The number of nitrogens with zero attached hydrogens (tertiary/aromatic N) is 1. The molecule has 0 saturated heterocycles. The molecule has 80 valence electrons. The van der Waals surface area contributed by atoms with Gasteiger partial charge >= 0.3 is 5.97 Å². The van der Waals surface area contributed by atoms with Gasteiger partial charge in [-0.15, -0.1) is 0 Å². The molecule has 1 heterocycles. The first kappa shape index (κ1) is 10.1. The highest BCUT2D eigenvalue weighted by molar-refractivity contribution is 5.77. The lowest BCUT2D eigenvalue weighted by molar-refractivity contribution is -0.139. The van der Waals surface area contributed by atoms with Crippen LogP contribution in [0.15, 0.2) is 18.3 Å². The van der Waals surface area contributed by atoms with Crippen LogP contribution in [0.4, 0.5) is 4.39 Å². The molecule has 1 N–H and O–H groups in total. The van der Waals surface area contributed by atoms with E-state index in [1.807, 2.05) is 13.8 Å². The van der Waals surface area contributed by atoms with E-state index in [0.29, 0.717) is 5.69 Å². The van der Waals surface area contributed by atoms with Crippen LogP contribution in [0.5, 0.6) is 0 Å². The molecule has 1 aliphatic rings. The molecule has 0 amide bonds. The van der Waals surface area contributed by atoms with E-state index in [0.717, 1.165) is 0 Å². The number of halogens is 1. The van der Waals surface area contributed by atoms with E-state index in [4.69, 9.17) is 5.11 Å². The van der Waals surface area contributed by atoms with Crippen molar-refractivity contribution in [2.45, 2.75) is 19.8 Å². The smallest absolute Gasteiger partial charge is 0.307 e. The minimum atomic E-state index is -0.837. The number of carbonyl (C=O) groups is 1. The summed E-state index contributed by atoms with van der Waals surface area (Å²) in [7, 11) is 0. The number of pyridine rings is 1. The van der Waals surface area contributed by atoms with Crippen LogP contribution in [-0.4, -0.2) is 16.1 Å². The molecule has 1 saturated carbocycles. The Morgan fingerprint density at radius 1 is 1.60 bits per heavy atom. The maximum atomic E-state index is 12.9. The monoisotopic (exact) mass is 209 g/mol. The maximum Gasteiger partial charge on any atom is 0.307 e. The summed E-state index contributed by atoms with van der Waals surface area (Å²) in [5.74, 6) is -1.83. The van der Waals surface area contributed by atoms with Crippen LogP contribution in [0.1, 0.15) is 25.5 Å². The van der Waals surface area contributed by atoms with Gasteiger partial charge in [0, 0.05) is 17.8 Å². The van der Waals surface area contributed by atoms with Crippen LogP contribution in [0.3, 0.4) is 0 Å². The predicted molar refractivity (Wildman–Crippen MR) is 51.8 cm³/mol. The molecule has 1 aromatic heterocycles. The Hall–Kier alpha value is -1.45. The summed E-state index contributed by atoms with van der Waals surface area (Å²) in [5.41, 5.74) is 0.208. The van der Waals surface area contributed by atoms with Crippen molar-refractivity contribution >= 4 is 5.97 Å². The number of carboxylic acids is 1. The second-order valence-electron chi connectivity index (χ2n) is 4.51. The van der Waals surface area contributed by atoms with Crippen molar-refractivity contribution < 1.29 is 14.3 Å². The molecule has 0 bridgehead atoms. The number of carboxylic acid groups (broad SMARTS) is 1. The second-order valence-corrected chi connectivity index (χ2v) is 4.51. The summed E-state index contributed by atoms with van der Waals surface area (Å²) in [6.45, 7) is 3.73. The fourth-order valence-electron chi connectivity index (χ4n) is 2.24. The summed E-state index contributed by atoms with van der Waals surface area (Å²) >= 11 is 0. The minimum absolute atomic E-state index is 0.175. The summed E-state index contributed by atoms with van der Waals surface area (Å²) in [4.78, 5) is 15.0. The summed E-state index contributed by atoms with van der Waals surface area (Å²) < 4.78 is 12.9. The number of aliphatic carboxylic acids is 1. The van der Waals surface area contributed by atoms with Crippen molar-refractivity contribution in [3.8, 4) is 0 Å². The van der Waals surface area contributed by atoms with Gasteiger partial charge in [0.15, 0.2) is 0 Å². The third-order valence-electron chi connectivity index (χ3n) is 3.16. The Labute approximate surface area is 87.0 Å². The first-order chi connectivity index (χ1) is 6.94. The standard InChI is InChI=1S/C11H12FNO2/c1-11(2)8(9(11)10(14)15)7-5-6(12)3-4-13-7/h3-5,8-9H,1-2H3,(H,14,15)/t8-,9+/m1/s1. The van der Waals surface area contributed by atoms with Gasteiger partial charge in [0.2, 0.25) is 0 Å². The Morgan fingerprint density at radius 2 is 2.27 bits per heavy atom. The lowest BCUT2D eigenvalue weighted by atomic mass is 10.1. The minimum Gasteiger partial charge on any atom is -0.481 e. The molecule has 1 aromatic rings. The van der Waals surface area contributed by atoms with E-state index in [2.05, 4.69) is 4.98 Å². The fraction of sp³-hybridized carbons (Fsp3) is 0.455. The Bertz CT molecular complexity index is 417. The van der Waals surface area contributed by atoms with Gasteiger partial charge in [0.25, 0.3) is 0 Å². The zero-order valence-electron chi connectivity index (χ0n) is 8.57. The molecular weight excluding hydrogens is 197 g/mol. The Kier molecular flexibility index (Phi) is 2.03. The number of rotatable bonds is 2. The Morgan fingerprint density at radius 3 is 2.73 bits per heavy atom. The molecule has 3 nitrogen and oxygen atoms in total. The lowest BCUT2D eigenvalue weighted by Gasteiger charge is -2.01. The van der Waals surface area contributed by atoms with E-state index in [1.165, 1.54) is 18.3 Å². The van der Waals surface area contributed by atoms with Gasteiger partial charge in [-0.25, -0.2) is 4.39 Å². The van der Waals surface area contributed by atoms with E-state index in [9.17, 15) is 9.18 Å². The van der Waals surface area contributed by atoms with Gasteiger partial charge in [0.05, 0.1) is 5.92 Å². The Balaban J connectivity index is 2.31. The third kappa shape index (κ3) is 1.50. The van der Waals surface area contributed by atoms with Crippen LogP contribution in [0.25, 0.3) is 0 Å². The van der Waals surface area contributed by atoms with Crippen LogP contribution < -0.4 is 0 Å². The predicted octanol–water partition coefficient (Wildman–Crippen LogP) is 2.04. The summed E-state index contributed by atoms with van der Waals surface area (Å²) in [6.07, 6.45) is 1.37. The first-order valence-corrected chi connectivity index (χ1v) is 4.79.